The van der Waals surface area contributed by atoms with Crippen molar-refractivity contribution in [2.75, 3.05) is 46.4 Å². The number of likely N-dealkylation sites (tertiary alicyclic amines) is 1. The van der Waals surface area contributed by atoms with Crippen LogP contribution >= 0.6 is 0 Å². The lowest BCUT2D eigenvalue weighted by atomic mass is 9.87. The van der Waals surface area contributed by atoms with Crippen molar-refractivity contribution in [3.05, 3.63) is 24.2 Å². The van der Waals surface area contributed by atoms with Crippen LogP contribution in [-0.4, -0.2) is 63.2 Å². The lowest BCUT2D eigenvalue weighted by Crippen LogP contribution is -2.44. The summed E-state index contributed by atoms with van der Waals surface area (Å²) < 4.78 is 10.6. The predicted octanol–water partition coefficient (Wildman–Crippen LogP) is 0.697. The zero-order valence-electron chi connectivity index (χ0n) is 13.5. The van der Waals surface area contributed by atoms with Crippen LogP contribution in [-0.2, 0) is 4.74 Å². The SMILES string of the molecule is CN=C(NCCNC(=O)c1ccco1)N1CCC2(CCOC2)C1. The van der Waals surface area contributed by atoms with Gasteiger partial charge in [0.2, 0.25) is 0 Å². The molecular weight excluding hydrogens is 296 g/mol. The molecule has 2 N–H and O–H groups in total. The largest absolute Gasteiger partial charge is 0.459 e. The highest BCUT2D eigenvalue weighted by atomic mass is 16.5. The minimum Gasteiger partial charge on any atom is -0.459 e. The van der Waals surface area contributed by atoms with Crippen LogP contribution in [0.3, 0.4) is 0 Å². The molecule has 0 radical (unpaired) electrons. The van der Waals surface area contributed by atoms with Crippen LogP contribution in [0.5, 0.6) is 0 Å². The molecule has 3 rings (SSSR count). The van der Waals surface area contributed by atoms with Crippen LogP contribution in [0.25, 0.3) is 0 Å². The number of hydrogen-bond acceptors (Lipinski definition) is 4. The first-order chi connectivity index (χ1) is 11.2. The summed E-state index contributed by atoms with van der Waals surface area (Å²) in [5, 5.41) is 6.12. The second-order valence-corrected chi connectivity index (χ2v) is 6.18. The molecule has 23 heavy (non-hydrogen) atoms. The fraction of sp³-hybridized carbons (Fsp3) is 0.625. The van der Waals surface area contributed by atoms with Crippen LogP contribution in [0.4, 0.5) is 0 Å². The van der Waals surface area contributed by atoms with E-state index in [4.69, 9.17) is 9.15 Å². The van der Waals surface area contributed by atoms with Crippen molar-refractivity contribution in [2.45, 2.75) is 12.8 Å². The highest BCUT2D eigenvalue weighted by Crippen LogP contribution is 2.38. The summed E-state index contributed by atoms with van der Waals surface area (Å²) in [6.45, 7) is 4.87. The van der Waals surface area contributed by atoms with Crippen molar-refractivity contribution >= 4 is 11.9 Å². The van der Waals surface area contributed by atoms with Gasteiger partial charge in [0.15, 0.2) is 11.7 Å². The van der Waals surface area contributed by atoms with Gasteiger partial charge in [-0.2, -0.15) is 0 Å². The van der Waals surface area contributed by atoms with Crippen LogP contribution in [0.2, 0.25) is 0 Å². The normalized spacial score (nSPS) is 24.4. The Morgan fingerprint density at radius 2 is 2.26 bits per heavy atom. The highest BCUT2D eigenvalue weighted by Gasteiger charge is 2.42. The second kappa shape index (κ2) is 7.04. The van der Waals surface area contributed by atoms with Gasteiger partial charge in [0.05, 0.1) is 12.9 Å². The van der Waals surface area contributed by atoms with Gasteiger partial charge < -0.3 is 24.7 Å². The summed E-state index contributed by atoms with van der Waals surface area (Å²) in [6, 6.07) is 3.35. The molecule has 2 fully saturated rings. The maximum absolute atomic E-state index is 11.8. The second-order valence-electron chi connectivity index (χ2n) is 6.18. The quantitative estimate of drug-likeness (QED) is 0.485. The molecule has 0 aliphatic carbocycles. The maximum atomic E-state index is 11.8. The molecule has 126 valence electrons. The number of carbonyl (C=O) groups is 1. The third-order valence-corrected chi connectivity index (χ3v) is 4.57. The highest BCUT2D eigenvalue weighted by molar-refractivity contribution is 5.91. The Hall–Kier alpha value is -2.02. The number of nitrogens with one attached hydrogen (secondary N) is 2. The van der Waals surface area contributed by atoms with Gasteiger partial charge in [0.1, 0.15) is 0 Å². The minimum atomic E-state index is -0.199. The summed E-state index contributed by atoms with van der Waals surface area (Å²) in [5.41, 5.74) is 0.311. The molecule has 1 unspecified atom stereocenters. The molecule has 2 aliphatic heterocycles. The number of hydrogen-bond donors (Lipinski definition) is 2. The molecule has 1 spiro atoms. The maximum Gasteiger partial charge on any atom is 0.287 e. The van der Waals surface area contributed by atoms with E-state index in [1.165, 1.54) is 6.26 Å². The third-order valence-electron chi connectivity index (χ3n) is 4.57. The standard InChI is InChI=1S/C16H24N4O3/c1-17-15(20-8-4-16(11-20)5-10-22-12-16)19-7-6-18-14(21)13-3-2-9-23-13/h2-3,9H,4-8,10-12H2,1H3,(H,17,19)(H,18,21). The Balaban J connectivity index is 1.41. The number of carbonyl (C=O) groups excluding carboxylic acids is 1. The average Bonchev–Trinajstić information content (AvgIpc) is 3.30. The first-order valence-electron chi connectivity index (χ1n) is 8.07. The molecular formula is C16H24N4O3. The van der Waals surface area contributed by atoms with Gasteiger partial charge in [-0.05, 0) is 25.0 Å². The van der Waals surface area contributed by atoms with Crippen LogP contribution in [0, 0.1) is 5.41 Å². The predicted molar refractivity (Wildman–Crippen MR) is 86.5 cm³/mol. The van der Waals surface area contributed by atoms with E-state index in [-0.39, 0.29) is 5.91 Å². The van der Waals surface area contributed by atoms with E-state index in [2.05, 4.69) is 20.5 Å². The fourth-order valence-electron chi connectivity index (χ4n) is 3.26. The van der Waals surface area contributed by atoms with Gasteiger partial charge in [-0.15, -0.1) is 0 Å². The summed E-state index contributed by atoms with van der Waals surface area (Å²) in [7, 11) is 1.79. The van der Waals surface area contributed by atoms with Crippen LogP contribution in [0.15, 0.2) is 27.8 Å². The summed E-state index contributed by atoms with van der Waals surface area (Å²) >= 11 is 0. The van der Waals surface area contributed by atoms with Gasteiger partial charge in [-0.25, -0.2) is 0 Å². The lowest BCUT2D eigenvalue weighted by Gasteiger charge is -2.24. The average molecular weight is 320 g/mol. The van der Waals surface area contributed by atoms with Gasteiger partial charge in [-0.3, -0.25) is 9.79 Å². The van der Waals surface area contributed by atoms with E-state index in [9.17, 15) is 4.79 Å². The zero-order valence-corrected chi connectivity index (χ0v) is 13.5. The van der Waals surface area contributed by atoms with E-state index >= 15 is 0 Å². The monoisotopic (exact) mass is 320 g/mol. The Kier molecular flexibility index (Phi) is 4.85. The Bertz CT molecular complexity index is 550. The molecule has 1 aromatic heterocycles. The number of guanidine groups is 1. The zero-order chi connectivity index (χ0) is 16.1. The topological polar surface area (TPSA) is 79.1 Å². The van der Waals surface area contributed by atoms with Crippen molar-refractivity contribution in [3.8, 4) is 0 Å². The van der Waals surface area contributed by atoms with Gasteiger partial charge in [-0.1, -0.05) is 0 Å². The minimum absolute atomic E-state index is 0.199. The molecule has 2 aliphatic rings. The fourth-order valence-corrected chi connectivity index (χ4v) is 3.26. The van der Waals surface area contributed by atoms with E-state index in [1.54, 1.807) is 19.2 Å². The molecule has 0 bridgehead atoms. The number of ether oxygens (including phenoxy) is 1. The van der Waals surface area contributed by atoms with Crippen molar-refractivity contribution in [3.63, 3.8) is 0 Å². The number of amides is 1. The van der Waals surface area contributed by atoms with E-state index in [1.807, 2.05) is 0 Å². The van der Waals surface area contributed by atoms with Crippen LogP contribution in [0.1, 0.15) is 23.4 Å². The van der Waals surface area contributed by atoms with E-state index in [0.29, 0.717) is 24.3 Å². The first-order valence-corrected chi connectivity index (χ1v) is 8.07. The molecule has 1 aromatic rings. The van der Waals surface area contributed by atoms with Gasteiger partial charge in [0.25, 0.3) is 5.91 Å². The third kappa shape index (κ3) is 3.67. The van der Waals surface area contributed by atoms with Crippen molar-refractivity contribution in [2.24, 2.45) is 10.4 Å². The molecule has 0 saturated carbocycles. The summed E-state index contributed by atoms with van der Waals surface area (Å²) in [6.07, 6.45) is 3.79. The molecule has 3 heterocycles. The van der Waals surface area contributed by atoms with Crippen LogP contribution < -0.4 is 10.6 Å². The lowest BCUT2D eigenvalue weighted by molar-refractivity contribution is 0.0926. The molecule has 0 aromatic carbocycles. The number of nitrogens with zero attached hydrogens (tertiary/aromatic N) is 2. The number of rotatable bonds is 4. The molecule has 1 amide bonds. The Morgan fingerprint density at radius 1 is 1.39 bits per heavy atom. The first kappa shape index (κ1) is 15.9. The Morgan fingerprint density at radius 3 is 2.96 bits per heavy atom. The van der Waals surface area contributed by atoms with Gasteiger partial charge >= 0.3 is 0 Å². The summed E-state index contributed by atoms with van der Waals surface area (Å²) in [4.78, 5) is 18.4. The van der Waals surface area contributed by atoms with Crippen molar-refractivity contribution < 1.29 is 13.9 Å². The molecule has 2 saturated heterocycles. The Labute approximate surface area is 136 Å². The summed E-state index contributed by atoms with van der Waals surface area (Å²) in [5.74, 6) is 1.02. The van der Waals surface area contributed by atoms with E-state index in [0.717, 1.165) is 45.1 Å². The number of aliphatic imine (C=N–C) groups is 1. The van der Waals surface area contributed by atoms with E-state index < -0.39 is 0 Å². The number of furan rings is 1. The smallest absolute Gasteiger partial charge is 0.287 e. The molecule has 1 atom stereocenters. The van der Waals surface area contributed by atoms with Gasteiger partial charge in [0, 0.05) is 45.2 Å². The molecule has 7 nitrogen and oxygen atoms in total. The van der Waals surface area contributed by atoms with Crippen molar-refractivity contribution in [1.82, 2.24) is 15.5 Å². The molecule has 7 heteroatoms. The van der Waals surface area contributed by atoms with Crippen molar-refractivity contribution in [1.29, 1.82) is 0 Å².